The van der Waals surface area contributed by atoms with E-state index in [2.05, 4.69) is 10.3 Å². The Kier molecular flexibility index (Phi) is 3.39. The Morgan fingerprint density at radius 3 is 3.00 bits per heavy atom. The van der Waals surface area contributed by atoms with E-state index >= 15 is 0 Å². The highest BCUT2D eigenvalue weighted by Crippen LogP contribution is 1.98. The highest BCUT2D eigenvalue weighted by molar-refractivity contribution is 5.69. The molecule has 0 saturated heterocycles. The molecule has 1 aromatic rings. The summed E-state index contributed by atoms with van der Waals surface area (Å²) in [7, 11) is 0. The largest absolute Gasteiger partial charge is 0.481 e. The third-order valence-corrected chi connectivity index (χ3v) is 1.56. The Bertz CT molecular complexity index is 284. The van der Waals surface area contributed by atoms with Gasteiger partial charge in [0.1, 0.15) is 0 Å². The van der Waals surface area contributed by atoms with Crippen LogP contribution in [-0.4, -0.2) is 37.8 Å². The second-order valence-corrected chi connectivity index (χ2v) is 2.60. The van der Waals surface area contributed by atoms with E-state index in [4.69, 9.17) is 10.2 Å². The lowest BCUT2D eigenvalue weighted by atomic mass is 10.3. The number of aliphatic hydroxyl groups is 1. The summed E-state index contributed by atoms with van der Waals surface area (Å²) in [6.45, 7) is 0.561. The molecule has 6 nitrogen and oxygen atoms in total. The molecule has 0 aliphatic carbocycles. The number of hydrogen-bond acceptors (Lipinski definition) is 4. The van der Waals surface area contributed by atoms with Crippen molar-refractivity contribution >= 4 is 5.97 Å². The smallest absolute Gasteiger partial charge is 0.309 e. The van der Waals surface area contributed by atoms with Crippen LogP contribution in [0.25, 0.3) is 0 Å². The van der Waals surface area contributed by atoms with Gasteiger partial charge in [0.15, 0.2) is 0 Å². The molecule has 0 saturated carbocycles. The third-order valence-electron chi connectivity index (χ3n) is 1.56. The van der Waals surface area contributed by atoms with Gasteiger partial charge in [-0.15, -0.1) is 5.10 Å². The van der Waals surface area contributed by atoms with Crippen LogP contribution >= 0.6 is 0 Å². The van der Waals surface area contributed by atoms with Crippen LogP contribution < -0.4 is 0 Å². The molecule has 0 radical (unpaired) electrons. The van der Waals surface area contributed by atoms with Crippen LogP contribution in [0.15, 0.2) is 6.20 Å². The van der Waals surface area contributed by atoms with Gasteiger partial charge in [-0.25, -0.2) is 4.68 Å². The van der Waals surface area contributed by atoms with Crippen LogP contribution in [0, 0.1) is 0 Å². The number of aliphatic hydroxyl groups excluding tert-OH is 1. The number of aromatic nitrogens is 3. The first-order chi connectivity index (χ1) is 6.24. The molecular weight excluding hydrogens is 174 g/mol. The van der Waals surface area contributed by atoms with E-state index < -0.39 is 5.97 Å². The molecule has 0 aromatic carbocycles. The molecule has 0 bridgehead atoms. The fourth-order valence-corrected chi connectivity index (χ4v) is 0.980. The summed E-state index contributed by atoms with van der Waals surface area (Å²) in [5.41, 5.74) is 0.556. The lowest BCUT2D eigenvalue weighted by Gasteiger charge is -2.01. The molecule has 1 rings (SSSR count). The molecule has 0 fully saturated rings. The zero-order valence-electron chi connectivity index (χ0n) is 7.05. The molecular formula is C7H11N3O3. The van der Waals surface area contributed by atoms with E-state index in [0.29, 0.717) is 18.7 Å². The summed E-state index contributed by atoms with van der Waals surface area (Å²) in [5, 5.41) is 24.4. The minimum atomic E-state index is -0.910. The number of carboxylic acid groups (broad SMARTS) is 1. The van der Waals surface area contributed by atoms with Gasteiger partial charge in [0.2, 0.25) is 0 Å². The minimum Gasteiger partial charge on any atom is -0.481 e. The fourth-order valence-electron chi connectivity index (χ4n) is 0.980. The van der Waals surface area contributed by atoms with Crippen LogP contribution in [-0.2, 0) is 17.8 Å². The Balaban J connectivity index is 2.60. The Labute approximate surface area is 74.8 Å². The van der Waals surface area contributed by atoms with Crippen molar-refractivity contribution in [1.29, 1.82) is 0 Å². The van der Waals surface area contributed by atoms with Crippen molar-refractivity contribution in [2.75, 3.05) is 6.61 Å². The average molecular weight is 185 g/mol. The van der Waals surface area contributed by atoms with Crippen LogP contribution in [0.4, 0.5) is 0 Å². The number of aliphatic carboxylic acids is 1. The first-order valence-electron chi connectivity index (χ1n) is 3.94. The summed E-state index contributed by atoms with van der Waals surface area (Å²) in [6.07, 6.45) is 1.89. The summed E-state index contributed by atoms with van der Waals surface area (Å²) >= 11 is 0. The minimum absolute atomic E-state index is 0.0619. The Morgan fingerprint density at radius 2 is 2.38 bits per heavy atom. The molecule has 1 heterocycles. The van der Waals surface area contributed by atoms with Crippen molar-refractivity contribution in [2.45, 2.75) is 19.4 Å². The van der Waals surface area contributed by atoms with Crippen molar-refractivity contribution in [3.63, 3.8) is 0 Å². The Morgan fingerprint density at radius 1 is 1.62 bits per heavy atom. The molecule has 13 heavy (non-hydrogen) atoms. The zero-order chi connectivity index (χ0) is 9.68. The summed E-state index contributed by atoms with van der Waals surface area (Å²) in [4.78, 5) is 10.4. The van der Waals surface area contributed by atoms with Crippen molar-refractivity contribution < 1.29 is 15.0 Å². The second-order valence-electron chi connectivity index (χ2n) is 2.60. The molecule has 0 aliphatic heterocycles. The summed E-state index contributed by atoms with van der Waals surface area (Å²) < 4.78 is 1.49. The SMILES string of the molecule is O=C(O)Cc1cnnn1CCCO. The van der Waals surface area contributed by atoms with E-state index in [0.717, 1.165) is 0 Å². The maximum Gasteiger partial charge on any atom is 0.309 e. The lowest BCUT2D eigenvalue weighted by molar-refractivity contribution is -0.136. The van der Waals surface area contributed by atoms with Gasteiger partial charge in [-0.05, 0) is 6.42 Å². The molecule has 0 atom stereocenters. The summed E-state index contributed by atoms with van der Waals surface area (Å²) in [6, 6.07) is 0. The number of rotatable bonds is 5. The van der Waals surface area contributed by atoms with Gasteiger partial charge in [-0.3, -0.25) is 4.79 Å². The fraction of sp³-hybridized carbons (Fsp3) is 0.571. The second kappa shape index (κ2) is 4.56. The highest BCUT2D eigenvalue weighted by Gasteiger charge is 2.07. The van der Waals surface area contributed by atoms with E-state index in [-0.39, 0.29) is 13.0 Å². The number of hydrogen-bond donors (Lipinski definition) is 2. The van der Waals surface area contributed by atoms with Gasteiger partial charge in [0.25, 0.3) is 0 Å². The van der Waals surface area contributed by atoms with Gasteiger partial charge in [0, 0.05) is 13.2 Å². The molecule has 0 unspecified atom stereocenters. The van der Waals surface area contributed by atoms with Crippen molar-refractivity contribution in [1.82, 2.24) is 15.0 Å². The number of nitrogens with zero attached hydrogens (tertiary/aromatic N) is 3. The van der Waals surface area contributed by atoms with E-state index in [1.165, 1.54) is 10.9 Å². The van der Waals surface area contributed by atoms with Crippen LogP contribution in [0.2, 0.25) is 0 Å². The maximum absolute atomic E-state index is 10.4. The topological polar surface area (TPSA) is 88.2 Å². The van der Waals surface area contributed by atoms with Crippen molar-refractivity contribution in [3.8, 4) is 0 Å². The number of aryl methyl sites for hydroxylation is 1. The summed E-state index contributed by atoms with van der Waals surface area (Å²) in [5.74, 6) is -0.910. The first-order valence-corrected chi connectivity index (χ1v) is 3.94. The monoisotopic (exact) mass is 185 g/mol. The van der Waals surface area contributed by atoms with Gasteiger partial charge in [0.05, 0.1) is 18.3 Å². The zero-order valence-corrected chi connectivity index (χ0v) is 7.05. The van der Waals surface area contributed by atoms with Gasteiger partial charge < -0.3 is 10.2 Å². The predicted molar refractivity (Wildman–Crippen MR) is 43.1 cm³/mol. The van der Waals surface area contributed by atoms with Crippen molar-refractivity contribution in [2.24, 2.45) is 0 Å². The van der Waals surface area contributed by atoms with Crippen LogP contribution in [0.5, 0.6) is 0 Å². The van der Waals surface area contributed by atoms with E-state index in [1.54, 1.807) is 0 Å². The first kappa shape index (κ1) is 9.66. The molecule has 6 heteroatoms. The molecule has 0 amide bonds. The average Bonchev–Trinajstić information content (AvgIpc) is 2.48. The molecule has 1 aromatic heterocycles. The number of carboxylic acids is 1. The highest BCUT2D eigenvalue weighted by atomic mass is 16.4. The molecule has 2 N–H and O–H groups in total. The third kappa shape index (κ3) is 2.83. The van der Waals surface area contributed by atoms with E-state index in [9.17, 15) is 4.79 Å². The molecule has 0 aliphatic rings. The normalized spacial score (nSPS) is 10.2. The predicted octanol–water partition coefficient (Wildman–Crippen LogP) is -0.712. The molecule has 72 valence electrons. The standard InChI is InChI=1S/C7H11N3O3/c11-3-1-2-10-6(4-7(12)13)5-8-9-10/h5,11H,1-4H2,(H,12,13). The molecule has 0 spiro atoms. The van der Waals surface area contributed by atoms with E-state index in [1.807, 2.05) is 0 Å². The number of carbonyl (C=O) groups is 1. The van der Waals surface area contributed by atoms with Gasteiger partial charge >= 0.3 is 5.97 Å². The van der Waals surface area contributed by atoms with Crippen molar-refractivity contribution in [3.05, 3.63) is 11.9 Å². The van der Waals surface area contributed by atoms with Gasteiger partial charge in [-0.1, -0.05) is 5.21 Å². The lowest BCUT2D eigenvalue weighted by Crippen LogP contribution is -2.10. The quantitative estimate of drug-likeness (QED) is 0.632. The van der Waals surface area contributed by atoms with Crippen LogP contribution in [0.3, 0.4) is 0 Å². The maximum atomic E-state index is 10.4. The van der Waals surface area contributed by atoms with Gasteiger partial charge in [-0.2, -0.15) is 0 Å². The Hall–Kier alpha value is -1.43. The van der Waals surface area contributed by atoms with Crippen LogP contribution in [0.1, 0.15) is 12.1 Å².